The highest BCUT2D eigenvalue weighted by atomic mass is 35.5. The van der Waals surface area contributed by atoms with Gasteiger partial charge in [0.05, 0.1) is 34.2 Å². The molecule has 0 spiro atoms. The second-order valence-electron chi connectivity index (χ2n) is 11.5. The predicted octanol–water partition coefficient (Wildman–Crippen LogP) is 2.10. The van der Waals surface area contributed by atoms with E-state index in [2.05, 4.69) is 32.0 Å². The number of hydrogen-bond donors (Lipinski definition) is 1. The number of aliphatic imine (C=N–C) groups is 1. The van der Waals surface area contributed by atoms with E-state index in [0.717, 1.165) is 16.7 Å². The summed E-state index contributed by atoms with van der Waals surface area (Å²) >= 11 is 12.2. The lowest BCUT2D eigenvalue weighted by atomic mass is 9.71. The molecule has 3 aliphatic rings. The fourth-order valence-electron chi connectivity index (χ4n) is 5.26. The minimum absolute atomic E-state index is 0.0939. The highest BCUT2D eigenvalue weighted by Crippen LogP contribution is 2.66. The molecule has 0 saturated carbocycles. The van der Waals surface area contributed by atoms with Crippen molar-refractivity contribution in [2.24, 2.45) is 4.99 Å². The molecule has 1 saturated heterocycles. The Kier molecular flexibility index (Phi) is 11.1. The number of aryl methyl sites for hydroxylation is 1. The van der Waals surface area contributed by atoms with Crippen molar-refractivity contribution >= 4 is 71.7 Å². The zero-order valence-electron chi connectivity index (χ0n) is 26.0. The fourth-order valence-corrected chi connectivity index (χ4v) is 10.7. The molecule has 0 bridgehead atoms. The first-order valence-corrected chi connectivity index (χ1v) is 20.7. The number of phosphoric ester groups is 2. The van der Waals surface area contributed by atoms with Crippen LogP contribution in [0.4, 0.5) is 5.69 Å². The van der Waals surface area contributed by atoms with E-state index in [1.54, 1.807) is 13.8 Å². The Balaban J connectivity index is 1.20. The van der Waals surface area contributed by atoms with E-state index in [-0.39, 0.29) is 51.0 Å². The molecule has 20 nitrogen and oxygen atoms in total. The Hall–Kier alpha value is -2.34. The Morgan fingerprint density at radius 3 is 2.27 bits per heavy atom. The maximum absolute atomic E-state index is 12.5. The van der Waals surface area contributed by atoms with Gasteiger partial charge in [-0.25, -0.2) is 22.7 Å². The number of benzene rings is 1. The number of nitrogens with zero attached hydrogens (tertiary/aromatic N) is 2. The average Bonchev–Trinajstić information content (AvgIpc) is 3.44. The zero-order chi connectivity index (χ0) is 37.9. The van der Waals surface area contributed by atoms with Crippen LogP contribution in [-0.2, 0) is 50.7 Å². The highest BCUT2D eigenvalue weighted by Gasteiger charge is 2.41. The van der Waals surface area contributed by atoms with Gasteiger partial charge in [-0.3, -0.25) is 37.4 Å². The minimum Gasteiger partial charge on any atom is -0.756 e. The molecular formula is C25H23Cl2N3O17P4-4. The third-order valence-electron chi connectivity index (χ3n) is 7.44. The van der Waals surface area contributed by atoms with Gasteiger partial charge in [0, 0.05) is 22.7 Å². The standard InChI is InChI=1S/C25H27Cl2N3O17P4/c1-12-10-30(24(33)29-23(12)32)19-7-5-14(43-19)11-42-48(34,35)45-50(38,39)47-51(40,41)46-49(36,37)44-13-4-6-17-15(8-13)25(2,3)20-18(28-17)9-16(26)22(31)21(20)27/h4,6,8-10,14,19H,5,7,11H2,1-3H3,(H,34,35)(H,36,37)(H,38,39)(H,40,41)(H,29,32,33)/p-4. The molecule has 1 aromatic carbocycles. The van der Waals surface area contributed by atoms with Gasteiger partial charge in [0.1, 0.15) is 12.0 Å². The Morgan fingerprint density at radius 2 is 1.61 bits per heavy atom. The molecule has 0 amide bonds. The third-order valence-corrected chi connectivity index (χ3v) is 13.8. The van der Waals surface area contributed by atoms with Crippen molar-refractivity contribution in [2.45, 2.75) is 51.4 Å². The van der Waals surface area contributed by atoms with E-state index >= 15 is 0 Å². The van der Waals surface area contributed by atoms with Crippen molar-refractivity contribution < 1.29 is 69.3 Å². The summed E-state index contributed by atoms with van der Waals surface area (Å²) in [5.74, 6) is -1.23. The first kappa shape index (κ1) is 39.9. The highest BCUT2D eigenvalue weighted by molar-refractivity contribution is 7.68. The summed E-state index contributed by atoms with van der Waals surface area (Å²) in [4.78, 5) is 91.5. The number of phosphoric acid groups is 4. The number of aromatic amines is 1. The summed E-state index contributed by atoms with van der Waals surface area (Å²) in [6, 6.07) is 3.44. The van der Waals surface area contributed by atoms with Gasteiger partial charge in [-0.2, -0.15) is 0 Å². The number of carbonyl (C=O) groups is 1. The molecule has 1 fully saturated rings. The van der Waals surface area contributed by atoms with Gasteiger partial charge in [-0.05, 0) is 49.6 Å². The molecule has 3 heterocycles. The summed E-state index contributed by atoms with van der Waals surface area (Å²) in [5, 5.41) is -0.417. The number of hydrogen-bond acceptors (Lipinski definition) is 18. The van der Waals surface area contributed by atoms with Crippen LogP contribution in [0.1, 0.15) is 44.0 Å². The van der Waals surface area contributed by atoms with Crippen molar-refractivity contribution in [3.8, 4) is 5.75 Å². The quantitative estimate of drug-likeness (QED) is 0.236. The number of allylic oxidation sites excluding steroid dienone is 4. The molecule has 6 unspecified atom stereocenters. The lowest BCUT2D eigenvalue weighted by Crippen LogP contribution is -2.33. The lowest BCUT2D eigenvalue weighted by molar-refractivity contribution is -0.253. The molecule has 26 heteroatoms. The van der Waals surface area contributed by atoms with Gasteiger partial charge in [0.15, 0.2) is 0 Å². The van der Waals surface area contributed by atoms with Crippen molar-refractivity contribution in [1.82, 2.24) is 9.55 Å². The lowest BCUT2D eigenvalue weighted by Gasteiger charge is -2.37. The van der Waals surface area contributed by atoms with Crippen LogP contribution in [0.15, 0.2) is 60.7 Å². The fraction of sp³-hybridized carbons (Fsp3) is 0.360. The second-order valence-corrected chi connectivity index (χ2v) is 18.3. The number of ketones is 1. The van der Waals surface area contributed by atoms with E-state index in [1.807, 2.05) is 0 Å². The molecule has 1 aromatic heterocycles. The summed E-state index contributed by atoms with van der Waals surface area (Å²) in [6.07, 6.45) is 0.792. The molecule has 278 valence electrons. The average molecular weight is 832 g/mol. The van der Waals surface area contributed by atoms with Gasteiger partial charge >= 0.3 is 13.5 Å². The number of H-pyrrole nitrogens is 1. The van der Waals surface area contributed by atoms with Crippen molar-refractivity contribution in [1.29, 1.82) is 0 Å². The van der Waals surface area contributed by atoms with Crippen LogP contribution in [0.5, 0.6) is 5.75 Å². The Morgan fingerprint density at radius 1 is 0.980 bits per heavy atom. The molecule has 2 aliphatic heterocycles. The molecule has 2 aromatic rings. The summed E-state index contributed by atoms with van der Waals surface area (Å²) < 4.78 is 75.8. The first-order valence-electron chi connectivity index (χ1n) is 14.1. The molecule has 5 rings (SSSR count). The summed E-state index contributed by atoms with van der Waals surface area (Å²) in [5.41, 5.74) is -1.28. The van der Waals surface area contributed by atoms with Crippen molar-refractivity contribution in [2.75, 3.05) is 6.61 Å². The van der Waals surface area contributed by atoms with Gasteiger partial charge in [-0.1, -0.05) is 37.0 Å². The number of fused-ring (bicyclic) bond motifs is 2. The van der Waals surface area contributed by atoms with E-state index in [9.17, 15) is 52.2 Å². The topological polar surface area (TPSA) is 300 Å². The number of Topliss-reactive ketones (excluding diaryl/α,β-unsaturated/α-hetero) is 1. The third kappa shape index (κ3) is 9.07. The monoisotopic (exact) mass is 831 g/mol. The minimum atomic E-state index is -6.49. The van der Waals surface area contributed by atoms with Gasteiger partial charge < -0.3 is 33.4 Å². The van der Waals surface area contributed by atoms with Crippen LogP contribution in [0.25, 0.3) is 0 Å². The number of nitrogens with one attached hydrogen (secondary N) is 1. The molecular weight excluding hydrogens is 809 g/mol. The maximum atomic E-state index is 12.5. The van der Waals surface area contributed by atoms with Gasteiger partial charge in [0.2, 0.25) is 5.78 Å². The van der Waals surface area contributed by atoms with Crippen LogP contribution in [-0.4, -0.2) is 33.8 Å². The number of rotatable bonds is 12. The van der Waals surface area contributed by atoms with E-state index in [1.165, 1.54) is 25.3 Å². The summed E-state index contributed by atoms with van der Waals surface area (Å²) in [6.45, 7) is 3.81. The van der Waals surface area contributed by atoms with Gasteiger partial charge in [-0.15, -0.1) is 0 Å². The van der Waals surface area contributed by atoms with Crippen LogP contribution >= 0.6 is 54.5 Å². The largest absolute Gasteiger partial charge is 0.756 e. The predicted molar refractivity (Wildman–Crippen MR) is 168 cm³/mol. The van der Waals surface area contributed by atoms with Crippen LogP contribution < -0.4 is 35.3 Å². The zero-order valence-corrected chi connectivity index (χ0v) is 31.1. The molecule has 6 atom stereocenters. The van der Waals surface area contributed by atoms with Crippen LogP contribution in [0.3, 0.4) is 0 Å². The molecule has 51 heavy (non-hydrogen) atoms. The first-order chi connectivity index (χ1) is 23.4. The maximum Gasteiger partial charge on any atom is 0.330 e. The molecule has 1 N–H and O–H groups in total. The molecule has 0 radical (unpaired) electrons. The van der Waals surface area contributed by atoms with E-state index < -0.39 is 78.4 Å². The van der Waals surface area contributed by atoms with Crippen LogP contribution in [0, 0.1) is 6.92 Å². The van der Waals surface area contributed by atoms with Crippen molar-refractivity contribution in [3.05, 3.63) is 78.1 Å². The Labute approximate surface area is 296 Å². The number of carbonyl (C=O) groups excluding carboxylic acids is 1. The smallest absolute Gasteiger partial charge is 0.330 e. The number of aromatic nitrogens is 2. The summed E-state index contributed by atoms with van der Waals surface area (Å²) in [7, 11) is -24.9. The number of halogens is 2. The second kappa shape index (κ2) is 14.1. The van der Waals surface area contributed by atoms with E-state index in [4.69, 9.17) is 27.9 Å². The van der Waals surface area contributed by atoms with Gasteiger partial charge in [0.25, 0.3) is 29.0 Å². The normalized spacial score (nSPS) is 24.6. The van der Waals surface area contributed by atoms with E-state index in [0.29, 0.717) is 0 Å². The number of ether oxygens (including phenoxy) is 1. The van der Waals surface area contributed by atoms with Crippen molar-refractivity contribution in [3.63, 3.8) is 0 Å². The SMILES string of the molecule is Cc1cn(C2CCC(COP(=O)([O-])OP(=O)([O-])OP(=O)([O-])OP(=O)([O-])Oc3ccc4c(c3)C(C)(C)C3=C(Cl)C(=O)C(Cl)=CC3=N4)O2)c(=O)[nH]c1=O. The van der Waals surface area contributed by atoms with Crippen LogP contribution in [0.2, 0.25) is 0 Å². The molecule has 1 aliphatic carbocycles. The Bertz CT molecular complexity index is 2230.